The quantitative estimate of drug-likeness (QED) is 0.353. The van der Waals surface area contributed by atoms with Crippen LogP contribution in [0.4, 0.5) is 4.79 Å². The van der Waals surface area contributed by atoms with Crippen LogP contribution in [-0.4, -0.2) is 81.9 Å². The van der Waals surface area contributed by atoms with Gasteiger partial charge in [-0.25, -0.2) is 4.79 Å². The monoisotopic (exact) mass is 550 g/mol. The van der Waals surface area contributed by atoms with E-state index in [-0.39, 0.29) is 16.5 Å². The van der Waals surface area contributed by atoms with Crippen LogP contribution >= 0.6 is 0 Å². The van der Waals surface area contributed by atoms with Gasteiger partial charge in [0.15, 0.2) is 8.32 Å². The van der Waals surface area contributed by atoms with E-state index in [2.05, 4.69) is 45.7 Å². The topological polar surface area (TPSA) is 51.2 Å². The van der Waals surface area contributed by atoms with Crippen LogP contribution in [0.1, 0.15) is 87.0 Å². The molecule has 2 aliphatic carbocycles. The van der Waals surface area contributed by atoms with Crippen molar-refractivity contribution < 1.29 is 18.7 Å². The maximum atomic E-state index is 12.9. The van der Waals surface area contributed by atoms with E-state index in [1.54, 1.807) is 0 Å². The minimum atomic E-state index is -1.82. The van der Waals surface area contributed by atoms with Gasteiger partial charge >= 0.3 is 6.09 Å². The molecule has 6 atom stereocenters. The van der Waals surface area contributed by atoms with Gasteiger partial charge in [-0.15, -0.1) is 0 Å². The highest BCUT2D eigenvalue weighted by molar-refractivity contribution is 6.74. The first-order chi connectivity index (χ1) is 17.6. The fourth-order valence-electron chi connectivity index (χ4n) is 8.26. The molecule has 2 aliphatic heterocycles. The molecule has 7 heteroatoms. The summed E-state index contributed by atoms with van der Waals surface area (Å²) in [7, 11) is 0.0739. The van der Waals surface area contributed by atoms with E-state index in [4.69, 9.17) is 13.9 Å². The largest absolute Gasteiger partial charge is 0.444 e. The molecule has 0 N–H and O–H groups in total. The molecule has 0 radical (unpaired) electrons. The summed E-state index contributed by atoms with van der Waals surface area (Å²) in [5.74, 6) is 2.94. The third-order valence-electron chi connectivity index (χ3n) is 11.3. The van der Waals surface area contributed by atoms with Crippen LogP contribution in [0.15, 0.2) is 0 Å². The standard InChI is InChI=1S/C31H58N2O4Si/c1-11-32-21-31(14-16-33(17-15-31)28(34)37-29(2,3)4)27-24-13-12-23(35-8)18-22(24)19-25(27)26(32)20-36-38(9,10)30(5,6)7/h22-27H,11-21H2,1-10H3/t22?,23?,24?,25?,26-,27?/m0/s1. The van der Waals surface area contributed by atoms with Crippen LogP contribution < -0.4 is 0 Å². The summed E-state index contributed by atoms with van der Waals surface area (Å²) in [5.41, 5.74) is -0.164. The Morgan fingerprint density at radius 1 is 1.00 bits per heavy atom. The van der Waals surface area contributed by atoms with E-state index < -0.39 is 13.9 Å². The van der Waals surface area contributed by atoms with Crippen LogP contribution in [-0.2, 0) is 13.9 Å². The second-order valence-electron chi connectivity index (χ2n) is 15.6. The zero-order valence-corrected chi connectivity index (χ0v) is 27.3. The van der Waals surface area contributed by atoms with Crippen molar-refractivity contribution in [3.05, 3.63) is 0 Å². The maximum Gasteiger partial charge on any atom is 0.410 e. The lowest BCUT2D eigenvalue weighted by molar-refractivity contribution is -0.104. The summed E-state index contributed by atoms with van der Waals surface area (Å²) >= 11 is 0. The number of fused-ring (bicyclic) bond motifs is 4. The molecule has 4 aliphatic rings. The van der Waals surface area contributed by atoms with Crippen molar-refractivity contribution in [2.24, 2.45) is 29.1 Å². The number of hydrogen-bond donors (Lipinski definition) is 0. The third kappa shape index (κ3) is 6.01. The van der Waals surface area contributed by atoms with Crippen molar-refractivity contribution >= 4 is 14.4 Å². The van der Waals surface area contributed by atoms with E-state index in [0.29, 0.717) is 18.1 Å². The average molecular weight is 551 g/mol. The van der Waals surface area contributed by atoms with Gasteiger partial charge in [0.05, 0.1) is 6.10 Å². The molecule has 4 fully saturated rings. The highest BCUT2D eigenvalue weighted by atomic mass is 28.4. The van der Waals surface area contributed by atoms with Gasteiger partial charge in [-0.1, -0.05) is 27.7 Å². The van der Waals surface area contributed by atoms with Gasteiger partial charge in [-0.05, 0) is 113 Å². The molecule has 4 rings (SSSR count). The number of carbonyl (C=O) groups is 1. The number of rotatable bonds is 5. The molecule has 2 saturated heterocycles. The summed E-state index contributed by atoms with van der Waals surface area (Å²) in [6.07, 6.45) is 7.49. The number of ether oxygens (including phenoxy) is 2. The molecule has 6 nitrogen and oxygen atoms in total. The van der Waals surface area contributed by atoms with Gasteiger partial charge in [0, 0.05) is 39.4 Å². The Kier molecular flexibility index (Phi) is 8.76. The van der Waals surface area contributed by atoms with E-state index in [9.17, 15) is 4.79 Å². The summed E-state index contributed by atoms with van der Waals surface area (Å²) in [4.78, 5) is 17.7. The van der Waals surface area contributed by atoms with Gasteiger partial charge in [-0.2, -0.15) is 0 Å². The lowest BCUT2D eigenvalue weighted by atomic mass is 9.57. The number of methoxy groups -OCH3 is 1. The van der Waals surface area contributed by atoms with Crippen molar-refractivity contribution in [2.45, 2.75) is 123 Å². The van der Waals surface area contributed by atoms with Gasteiger partial charge in [-0.3, -0.25) is 4.90 Å². The Bertz CT molecular complexity index is 827. The predicted octanol–water partition coefficient (Wildman–Crippen LogP) is 6.80. The van der Waals surface area contributed by atoms with Gasteiger partial charge < -0.3 is 18.8 Å². The summed E-state index contributed by atoms with van der Waals surface area (Å²) in [6.45, 7) is 24.8. The molecule has 220 valence electrons. The number of hydrogen-bond acceptors (Lipinski definition) is 5. The zero-order chi connectivity index (χ0) is 28.1. The Morgan fingerprint density at radius 3 is 2.21 bits per heavy atom. The van der Waals surface area contributed by atoms with Crippen LogP contribution in [0.2, 0.25) is 18.1 Å². The lowest BCUT2D eigenvalue weighted by Gasteiger charge is -2.58. The normalized spacial score (nSPS) is 34.2. The molecule has 0 aromatic heterocycles. The zero-order valence-electron chi connectivity index (χ0n) is 26.3. The minimum Gasteiger partial charge on any atom is -0.444 e. The molecule has 0 aromatic carbocycles. The summed E-state index contributed by atoms with van der Waals surface area (Å²) < 4.78 is 18.6. The van der Waals surface area contributed by atoms with Crippen LogP contribution in [0.3, 0.4) is 0 Å². The highest BCUT2D eigenvalue weighted by Crippen LogP contribution is 2.62. The molecule has 0 bridgehead atoms. The third-order valence-corrected chi connectivity index (χ3v) is 15.8. The van der Waals surface area contributed by atoms with E-state index in [1.165, 1.54) is 25.7 Å². The second-order valence-corrected chi connectivity index (χ2v) is 20.4. The fraction of sp³-hybridized carbons (Fsp3) is 0.968. The molecule has 0 aromatic rings. The Balaban J connectivity index is 1.58. The summed E-state index contributed by atoms with van der Waals surface area (Å²) in [5, 5.41) is 0.225. The Hall–Kier alpha value is -0.633. The highest BCUT2D eigenvalue weighted by Gasteiger charge is 2.61. The summed E-state index contributed by atoms with van der Waals surface area (Å²) in [6, 6.07) is 0.500. The number of likely N-dealkylation sites (tertiary alicyclic amines) is 2. The van der Waals surface area contributed by atoms with E-state index >= 15 is 0 Å². The number of nitrogens with zero attached hydrogens (tertiary/aromatic N) is 2. The first-order valence-electron chi connectivity index (χ1n) is 15.5. The van der Waals surface area contributed by atoms with Gasteiger partial charge in [0.2, 0.25) is 0 Å². The van der Waals surface area contributed by atoms with E-state index in [1.807, 2.05) is 32.8 Å². The van der Waals surface area contributed by atoms with Crippen LogP contribution in [0.25, 0.3) is 0 Å². The number of carbonyl (C=O) groups excluding carboxylic acids is 1. The SMILES string of the molecule is CCN1CC2(CCN(C(=O)OC(C)(C)C)CC2)C2C3CCC(OC)CC3CC2[C@@H]1CO[Si](C)(C)C(C)(C)C. The molecule has 38 heavy (non-hydrogen) atoms. The van der Waals surface area contributed by atoms with Crippen LogP contribution in [0, 0.1) is 29.1 Å². The van der Waals surface area contributed by atoms with Crippen LogP contribution in [0.5, 0.6) is 0 Å². The Labute approximate surface area is 234 Å². The number of likely N-dealkylation sites (N-methyl/N-ethyl adjacent to an activating group) is 1. The number of amides is 1. The first kappa shape index (κ1) is 30.3. The van der Waals surface area contributed by atoms with Gasteiger partial charge in [0.25, 0.3) is 0 Å². The lowest BCUT2D eigenvalue weighted by Crippen LogP contribution is -2.63. The fourth-order valence-corrected chi connectivity index (χ4v) is 9.28. The van der Waals surface area contributed by atoms with Crippen molar-refractivity contribution in [3.8, 4) is 0 Å². The van der Waals surface area contributed by atoms with Crippen molar-refractivity contribution in [1.82, 2.24) is 9.80 Å². The Morgan fingerprint density at radius 2 is 1.66 bits per heavy atom. The molecule has 1 amide bonds. The average Bonchev–Trinajstić information content (AvgIpc) is 3.21. The maximum absolute atomic E-state index is 12.9. The molecular formula is C31H58N2O4Si. The molecule has 5 unspecified atom stereocenters. The second kappa shape index (κ2) is 11.0. The van der Waals surface area contributed by atoms with Gasteiger partial charge in [0.1, 0.15) is 5.60 Å². The first-order valence-corrected chi connectivity index (χ1v) is 18.4. The van der Waals surface area contributed by atoms with E-state index in [0.717, 1.165) is 63.4 Å². The van der Waals surface area contributed by atoms with Crippen molar-refractivity contribution in [2.75, 3.05) is 39.9 Å². The minimum absolute atomic E-state index is 0.141. The van der Waals surface area contributed by atoms with Crippen molar-refractivity contribution in [1.29, 1.82) is 0 Å². The number of piperidine rings is 2. The predicted molar refractivity (Wildman–Crippen MR) is 157 cm³/mol. The smallest absolute Gasteiger partial charge is 0.410 e. The molecule has 2 saturated carbocycles. The van der Waals surface area contributed by atoms with Crippen molar-refractivity contribution in [3.63, 3.8) is 0 Å². The molecular weight excluding hydrogens is 492 g/mol. The molecule has 1 spiro atoms. The molecule has 2 heterocycles.